The van der Waals surface area contributed by atoms with Crippen molar-refractivity contribution < 1.29 is 18.0 Å². The number of hydrogen-bond acceptors (Lipinski definition) is 6. The highest BCUT2D eigenvalue weighted by atomic mass is 32.2. The number of alkyl halides is 3. The molecule has 2 heterocycles. The fourth-order valence-corrected chi connectivity index (χ4v) is 4.80. The van der Waals surface area contributed by atoms with Gasteiger partial charge in [-0.25, -0.2) is 0 Å². The summed E-state index contributed by atoms with van der Waals surface area (Å²) in [7, 11) is 0. The number of halogens is 3. The lowest BCUT2D eigenvalue weighted by atomic mass is 10.2. The third kappa shape index (κ3) is 2.98. The largest absolute Gasteiger partial charge is 0.416 e. The van der Waals surface area contributed by atoms with E-state index in [1.165, 1.54) is 29.2 Å². The summed E-state index contributed by atoms with van der Waals surface area (Å²) >= 11 is 8.56. The van der Waals surface area contributed by atoms with Gasteiger partial charge in [-0.3, -0.25) is 4.79 Å². The lowest BCUT2D eigenvalue weighted by Gasteiger charge is -2.05. The summed E-state index contributed by atoms with van der Waals surface area (Å²) in [5.41, 5.74) is -0.695. The smallest absolute Gasteiger partial charge is 0.272 e. The zero-order valence-electron chi connectivity index (χ0n) is 10.0. The van der Waals surface area contributed by atoms with Crippen LogP contribution >= 0.6 is 46.7 Å². The molecule has 1 aliphatic rings. The van der Waals surface area contributed by atoms with Crippen molar-refractivity contribution in [3.05, 3.63) is 27.7 Å². The first kappa shape index (κ1) is 14.9. The molecule has 0 bridgehead atoms. The third-order valence-electron chi connectivity index (χ3n) is 2.58. The van der Waals surface area contributed by atoms with Gasteiger partial charge in [-0.05, 0) is 18.2 Å². The minimum absolute atomic E-state index is 0.217. The topological polar surface area (TPSA) is 32.7 Å². The molecule has 0 radical (unpaired) electrons. The minimum Gasteiger partial charge on any atom is -0.272 e. The van der Waals surface area contributed by atoms with Crippen LogP contribution in [-0.4, -0.2) is 21.0 Å². The summed E-state index contributed by atoms with van der Waals surface area (Å²) in [6, 6.07) is 3.54. The molecule has 1 fully saturated rings. The molecule has 0 atom stereocenters. The minimum atomic E-state index is -4.37. The van der Waals surface area contributed by atoms with E-state index in [1.54, 1.807) is 0 Å². The quantitative estimate of drug-likeness (QED) is 0.722. The van der Waals surface area contributed by atoms with Gasteiger partial charge in [0.05, 0.1) is 11.3 Å². The van der Waals surface area contributed by atoms with Crippen LogP contribution in [0.2, 0.25) is 0 Å². The molecule has 0 unspecified atom stereocenters. The maximum absolute atomic E-state index is 12.7. The highest BCUT2D eigenvalue weighted by Gasteiger charge is 2.31. The lowest BCUT2D eigenvalue weighted by molar-refractivity contribution is -0.137. The maximum atomic E-state index is 12.7. The summed E-state index contributed by atoms with van der Waals surface area (Å²) in [5, 5.41) is 5.26. The molecule has 0 aliphatic carbocycles. The van der Waals surface area contributed by atoms with Crippen LogP contribution < -0.4 is 3.98 Å². The molecule has 1 amide bonds. The number of fused-ring (bicyclic) bond motifs is 1. The normalized spacial score (nSPS) is 17.3. The number of hydrogen-bond donors (Lipinski definition) is 0. The van der Waals surface area contributed by atoms with Crippen molar-refractivity contribution in [2.45, 2.75) is 6.18 Å². The Hall–Kier alpha value is -0.970. The molecule has 0 N–H and O–H groups in total. The molecule has 2 aromatic rings. The molecule has 10 heteroatoms. The highest BCUT2D eigenvalue weighted by Crippen LogP contribution is 2.33. The van der Waals surface area contributed by atoms with Gasteiger partial charge in [0.25, 0.3) is 5.91 Å². The molecule has 1 aliphatic heterocycles. The fraction of sp³-hybridized carbons (Fsp3) is 0.182. The summed E-state index contributed by atoms with van der Waals surface area (Å²) in [4.78, 5) is 11.6. The zero-order chi connectivity index (χ0) is 15.2. The second-order valence-electron chi connectivity index (χ2n) is 3.99. The Morgan fingerprint density at radius 3 is 2.57 bits per heavy atom. The predicted molar refractivity (Wildman–Crippen MR) is 82.2 cm³/mol. The van der Waals surface area contributed by atoms with Crippen LogP contribution in [0.3, 0.4) is 0 Å². The second kappa shape index (κ2) is 5.34. The van der Waals surface area contributed by atoms with Gasteiger partial charge in [0.15, 0.2) is 8.31 Å². The number of amides is 1. The summed E-state index contributed by atoms with van der Waals surface area (Å²) < 4.78 is 40.0. The van der Waals surface area contributed by atoms with Gasteiger partial charge in [0.2, 0.25) is 0 Å². The van der Waals surface area contributed by atoms with Crippen molar-refractivity contribution in [1.82, 2.24) is 5.01 Å². The molecular formula is C11H5F3N2OS4. The Morgan fingerprint density at radius 1 is 1.24 bits per heavy atom. The van der Waals surface area contributed by atoms with E-state index in [9.17, 15) is 18.0 Å². The van der Waals surface area contributed by atoms with Crippen molar-refractivity contribution in [2.75, 3.05) is 5.75 Å². The molecular weight excluding hydrogens is 361 g/mol. The number of carbonyl (C=O) groups is 1. The van der Waals surface area contributed by atoms with E-state index in [0.717, 1.165) is 28.5 Å². The van der Waals surface area contributed by atoms with Crippen LogP contribution in [0.4, 0.5) is 13.2 Å². The Kier molecular flexibility index (Phi) is 3.80. The highest BCUT2D eigenvalue weighted by molar-refractivity contribution is 8.23. The van der Waals surface area contributed by atoms with Crippen molar-refractivity contribution in [1.29, 1.82) is 0 Å². The average molecular weight is 366 g/mol. The van der Waals surface area contributed by atoms with Crippen LogP contribution in [-0.2, 0) is 11.0 Å². The molecule has 3 rings (SSSR count). The van der Waals surface area contributed by atoms with E-state index in [2.05, 4.69) is 5.10 Å². The summed E-state index contributed by atoms with van der Waals surface area (Å²) in [5.74, 6) is 0.0291. The number of carbonyl (C=O) groups excluding carboxylic acids is 1. The molecule has 0 spiro atoms. The lowest BCUT2D eigenvalue weighted by Crippen LogP contribution is -2.24. The maximum Gasteiger partial charge on any atom is 0.416 e. The van der Waals surface area contributed by atoms with Gasteiger partial charge >= 0.3 is 6.18 Å². The van der Waals surface area contributed by atoms with E-state index in [4.69, 9.17) is 12.2 Å². The Bertz CT molecular complexity index is 792. The predicted octanol–water partition coefficient (Wildman–Crippen LogP) is 3.66. The first-order valence-corrected chi connectivity index (χ1v) is 8.52. The average Bonchev–Trinajstić information content (AvgIpc) is 2.94. The SMILES string of the molecule is O=C1CSC(=S)N1/N=c1\sc2ccc(C(F)(F)F)cc2s1. The van der Waals surface area contributed by atoms with Crippen molar-refractivity contribution in [3.8, 4) is 0 Å². The first-order valence-electron chi connectivity index (χ1n) is 5.50. The van der Waals surface area contributed by atoms with Gasteiger partial charge in [0.1, 0.15) is 0 Å². The summed E-state index contributed by atoms with van der Waals surface area (Å²) in [6.07, 6.45) is -4.37. The molecule has 0 saturated carbocycles. The fourth-order valence-electron chi connectivity index (χ4n) is 1.62. The van der Waals surface area contributed by atoms with Crippen LogP contribution in [0.1, 0.15) is 5.56 Å². The number of benzene rings is 1. The van der Waals surface area contributed by atoms with Gasteiger partial charge < -0.3 is 0 Å². The van der Waals surface area contributed by atoms with Gasteiger partial charge in [-0.15, -0.1) is 27.8 Å². The van der Waals surface area contributed by atoms with E-state index in [1.807, 2.05) is 0 Å². The van der Waals surface area contributed by atoms with Crippen LogP contribution in [0.25, 0.3) is 9.40 Å². The van der Waals surface area contributed by atoms with Crippen LogP contribution in [0.15, 0.2) is 23.3 Å². The molecule has 21 heavy (non-hydrogen) atoms. The van der Waals surface area contributed by atoms with Gasteiger partial charge in [-0.1, -0.05) is 24.0 Å². The number of thioether (sulfide) groups is 1. The van der Waals surface area contributed by atoms with E-state index in [0.29, 0.717) is 17.7 Å². The summed E-state index contributed by atoms with van der Waals surface area (Å²) in [6.45, 7) is 0. The van der Waals surface area contributed by atoms with Crippen LogP contribution in [0.5, 0.6) is 0 Å². The molecule has 110 valence electrons. The van der Waals surface area contributed by atoms with Crippen molar-refractivity contribution in [3.63, 3.8) is 0 Å². The molecule has 1 saturated heterocycles. The van der Waals surface area contributed by atoms with Crippen molar-refractivity contribution >= 4 is 66.3 Å². The molecule has 3 nitrogen and oxygen atoms in total. The first-order chi connectivity index (χ1) is 9.84. The Morgan fingerprint density at radius 2 is 1.95 bits per heavy atom. The van der Waals surface area contributed by atoms with Crippen molar-refractivity contribution in [2.24, 2.45) is 5.10 Å². The molecule has 1 aromatic carbocycles. The van der Waals surface area contributed by atoms with Gasteiger partial charge in [0, 0.05) is 9.40 Å². The number of nitrogens with zero attached hydrogens (tertiary/aromatic N) is 2. The van der Waals surface area contributed by atoms with E-state index in [-0.39, 0.29) is 11.7 Å². The van der Waals surface area contributed by atoms with E-state index < -0.39 is 11.7 Å². The van der Waals surface area contributed by atoms with E-state index >= 15 is 0 Å². The monoisotopic (exact) mass is 366 g/mol. The third-order valence-corrected chi connectivity index (χ3v) is 6.19. The zero-order valence-corrected chi connectivity index (χ0v) is 13.3. The number of thiocarbonyl (C=S) groups is 1. The number of rotatable bonds is 1. The standard InChI is InChI=1S/C11H5F3N2OS4/c12-11(13,14)5-1-2-6-7(3-5)21-9(20-6)15-16-8(17)4-19-10(16)18/h1-3H,4H2/b15-9+. The van der Waals surface area contributed by atoms with Gasteiger partial charge in [-0.2, -0.15) is 18.2 Å². The Labute approximate surface area is 134 Å². The Balaban J connectivity index is 2.05. The molecule has 1 aromatic heterocycles. The second-order valence-corrected chi connectivity index (χ2v) is 7.92. The van der Waals surface area contributed by atoms with Crippen LogP contribution in [0, 0.1) is 0 Å².